The first-order valence-corrected chi connectivity index (χ1v) is 17.6. The van der Waals surface area contributed by atoms with E-state index in [4.69, 9.17) is 0 Å². The Bertz CT molecular complexity index is 2300. The molecule has 1 spiro atoms. The van der Waals surface area contributed by atoms with Crippen molar-refractivity contribution in [2.24, 2.45) is 0 Å². The van der Waals surface area contributed by atoms with E-state index >= 15 is 0 Å². The van der Waals surface area contributed by atoms with E-state index in [0.29, 0.717) is 0 Å². The van der Waals surface area contributed by atoms with Crippen LogP contribution < -0.4 is 0 Å². The summed E-state index contributed by atoms with van der Waals surface area (Å²) >= 11 is 3.26. The standard InChI is InChI=1S/C43H26N2S2/c1-3-13-37-33(11-1)34-12-2-4-14-38(34)43(37)39-21-29(27-7-5-9-31(19-27)41-23-46-25-44-41)15-17-35(39)36-18-16-30(22-40(36)43)28-8-6-10-32(20-28)42-24-47-26-45-42/h1-26H. The molecule has 2 nitrogen and oxygen atoms in total. The van der Waals surface area contributed by atoms with Crippen LogP contribution in [0.1, 0.15) is 22.3 Å². The van der Waals surface area contributed by atoms with Crippen molar-refractivity contribution in [3.63, 3.8) is 0 Å². The number of thiazole rings is 2. The minimum Gasteiger partial charge on any atom is -0.245 e. The van der Waals surface area contributed by atoms with E-state index in [1.165, 1.54) is 66.8 Å². The molecular weight excluding hydrogens is 609 g/mol. The molecule has 2 aromatic heterocycles. The molecule has 0 amide bonds. The maximum absolute atomic E-state index is 4.58. The zero-order valence-corrected chi connectivity index (χ0v) is 26.9. The van der Waals surface area contributed by atoms with Crippen molar-refractivity contribution in [1.82, 2.24) is 9.97 Å². The Morgan fingerprint density at radius 3 is 1.26 bits per heavy atom. The van der Waals surface area contributed by atoms with Gasteiger partial charge in [-0.05, 0) is 91.0 Å². The third-order valence-electron chi connectivity index (χ3n) is 9.94. The number of hydrogen-bond donors (Lipinski definition) is 0. The quantitative estimate of drug-likeness (QED) is 0.192. The summed E-state index contributed by atoms with van der Waals surface area (Å²) in [5.41, 5.74) is 23.1. The minimum absolute atomic E-state index is 0.428. The van der Waals surface area contributed by atoms with E-state index < -0.39 is 5.41 Å². The second-order valence-corrected chi connectivity index (χ2v) is 13.7. The average Bonchev–Trinajstić information content (AvgIpc) is 3.96. The lowest BCUT2D eigenvalue weighted by Gasteiger charge is -2.31. The molecule has 0 fully saturated rings. The first kappa shape index (κ1) is 26.8. The van der Waals surface area contributed by atoms with Crippen LogP contribution in [0.25, 0.3) is 67.0 Å². The number of hydrogen-bond acceptors (Lipinski definition) is 4. The number of benzene rings is 6. The predicted octanol–water partition coefficient (Wildman–Crippen LogP) is 11.6. The zero-order chi connectivity index (χ0) is 31.0. The Hall–Kier alpha value is -5.42. The van der Waals surface area contributed by atoms with Crippen molar-refractivity contribution in [2.45, 2.75) is 5.41 Å². The first-order valence-electron chi connectivity index (χ1n) is 15.8. The molecule has 0 radical (unpaired) electrons. The van der Waals surface area contributed by atoms with Crippen LogP contribution in [0.5, 0.6) is 0 Å². The Balaban J connectivity index is 1.22. The summed E-state index contributed by atoms with van der Waals surface area (Å²) in [6, 6.07) is 49.8. The van der Waals surface area contributed by atoms with Gasteiger partial charge in [0.25, 0.3) is 0 Å². The average molecular weight is 635 g/mol. The summed E-state index contributed by atoms with van der Waals surface area (Å²) in [5, 5.41) is 4.23. The maximum Gasteiger partial charge on any atom is 0.0811 e. The van der Waals surface area contributed by atoms with E-state index in [1.807, 2.05) is 11.0 Å². The number of aromatic nitrogens is 2. The topological polar surface area (TPSA) is 25.8 Å². The van der Waals surface area contributed by atoms with Gasteiger partial charge in [-0.3, -0.25) is 0 Å². The molecule has 2 aliphatic carbocycles. The largest absolute Gasteiger partial charge is 0.245 e. The molecule has 2 aliphatic rings. The third-order valence-corrected chi connectivity index (χ3v) is 11.1. The highest BCUT2D eigenvalue weighted by atomic mass is 32.1. The molecule has 0 atom stereocenters. The van der Waals surface area contributed by atoms with Crippen molar-refractivity contribution in [3.05, 3.63) is 177 Å². The van der Waals surface area contributed by atoms with Crippen molar-refractivity contribution in [3.8, 4) is 67.0 Å². The molecule has 8 aromatic rings. The van der Waals surface area contributed by atoms with Crippen LogP contribution >= 0.6 is 22.7 Å². The minimum atomic E-state index is -0.428. The number of fused-ring (bicyclic) bond motifs is 10. The summed E-state index contributed by atoms with van der Waals surface area (Å²) in [5.74, 6) is 0. The normalized spacial score (nSPS) is 13.3. The summed E-state index contributed by atoms with van der Waals surface area (Å²) in [7, 11) is 0. The van der Waals surface area contributed by atoms with Gasteiger partial charge < -0.3 is 0 Å². The fourth-order valence-corrected chi connectivity index (χ4v) is 9.05. The molecule has 220 valence electrons. The highest BCUT2D eigenvalue weighted by molar-refractivity contribution is 7.08. The molecule has 47 heavy (non-hydrogen) atoms. The molecule has 4 heteroatoms. The lowest BCUT2D eigenvalue weighted by Crippen LogP contribution is -2.26. The molecule has 0 bridgehead atoms. The van der Waals surface area contributed by atoms with E-state index in [-0.39, 0.29) is 0 Å². The fraction of sp³-hybridized carbons (Fsp3) is 0.0233. The van der Waals surface area contributed by atoms with Crippen molar-refractivity contribution in [2.75, 3.05) is 0 Å². The van der Waals surface area contributed by atoms with E-state index in [1.54, 1.807) is 22.7 Å². The van der Waals surface area contributed by atoms with Gasteiger partial charge in [-0.1, -0.05) is 109 Å². The Labute approximate surface area is 281 Å². The fourth-order valence-electron chi connectivity index (χ4n) is 7.92. The zero-order valence-electron chi connectivity index (χ0n) is 25.2. The summed E-state index contributed by atoms with van der Waals surface area (Å²) in [4.78, 5) is 9.17. The van der Waals surface area contributed by atoms with Gasteiger partial charge in [0.05, 0.1) is 27.8 Å². The third kappa shape index (κ3) is 3.89. The van der Waals surface area contributed by atoms with Crippen LogP contribution in [-0.2, 0) is 5.41 Å². The van der Waals surface area contributed by atoms with Gasteiger partial charge in [-0.25, -0.2) is 9.97 Å². The van der Waals surface area contributed by atoms with Crippen LogP contribution in [0.2, 0.25) is 0 Å². The number of nitrogens with zero attached hydrogens (tertiary/aromatic N) is 2. The van der Waals surface area contributed by atoms with Gasteiger partial charge in [0, 0.05) is 21.9 Å². The predicted molar refractivity (Wildman–Crippen MR) is 196 cm³/mol. The van der Waals surface area contributed by atoms with Crippen molar-refractivity contribution < 1.29 is 0 Å². The van der Waals surface area contributed by atoms with Gasteiger partial charge in [-0.15, -0.1) is 22.7 Å². The van der Waals surface area contributed by atoms with Crippen LogP contribution in [0.4, 0.5) is 0 Å². The van der Waals surface area contributed by atoms with Gasteiger partial charge in [0.15, 0.2) is 0 Å². The summed E-state index contributed by atoms with van der Waals surface area (Å²) in [6.07, 6.45) is 0. The van der Waals surface area contributed by atoms with Gasteiger partial charge in [-0.2, -0.15) is 0 Å². The van der Waals surface area contributed by atoms with E-state index in [9.17, 15) is 0 Å². The SMILES string of the molecule is c1cc(-c2ccc3c(c2)C2(c4ccccc4-c4ccccc42)c2cc(-c4cccc(-c5cscn5)c4)ccc2-3)cc(-c2cscn2)c1. The van der Waals surface area contributed by atoms with Crippen LogP contribution in [0, 0.1) is 0 Å². The van der Waals surface area contributed by atoms with Gasteiger partial charge >= 0.3 is 0 Å². The lowest BCUT2D eigenvalue weighted by atomic mass is 9.70. The van der Waals surface area contributed by atoms with Crippen LogP contribution in [0.3, 0.4) is 0 Å². The molecule has 2 heterocycles. The van der Waals surface area contributed by atoms with Crippen molar-refractivity contribution in [1.29, 1.82) is 0 Å². The Kier molecular flexibility index (Phi) is 5.86. The molecular formula is C43H26N2S2. The highest BCUT2D eigenvalue weighted by Crippen LogP contribution is 2.63. The molecule has 0 saturated carbocycles. The van der Waals surface area contributed by atoms with Crippen molar-refractivity contribution >= 4 is 22.7 Å². The highest BCUT2D eigenvalue weighted by Gasteiger charge is 2.51. The lowest BCUT2D eigenvalue weighted by molar-refractivity contribution is 0.794. The monoisotopic (exact) mass is 634 g/mol. The molecule has 6 aromatic carbocycles. The molecule has 0 aliphatic heterocycles. The first-order chi connectivity index (χ1) is 23.3. The Morgan fingerprint density at radius 2 is 0.787 bits per heavy atom. The summed E-state index contributed by atoms with van der Waals surface area (Å²) < 4.78 is 0. The van der Waals surface area contributed by atoms with Crippen LogP contribution in [0.15, 0.2) is 155 Å². The van der Waals surface area contributed by atoms with E-state index in [2.05, 4.69) is 154 Å². The van der Waals surface area contributed by atoms with E-state index in [0.717, 1.165) is 22.5 Å². The number of rotatable bonds is 4. The molecule has 0 saturated heterocycles. The second kappa shape index (κ2) is 10.3. The van der Waals surface area contributed by atoms with Crippen LogP contribution in [-0.4, -0.2) is 9.97 Å². The molecule has 10 rings (SSSR count). The molecule has 0 N–H and O–H groups in total. The van der Waals surface area contributed by atoms with Gasteiger partial charge in [0.1, 0.15) is 0 Å². The molecule has 0 unspecified atom stereocenters. The summed E-state index contributed by atoms with van der Waals surface area (Å²) in [6.45, 7) is 0. The van der Waals surface area contributed by atoms with Gasteiger partial charge in [0.2, 0.25) is 0 Å². The Morgan fingerprint density at radius 1 is 0.362 bits per heavy atom. The maximum atomic E-state index is 4.58. The smallest absolute Gasteiger partial charge is 0.0811 e. The second-order valence-electron chi connectivity index (χ2n) is 12.3.